The van der Waals surface area contributed by atoms with Gasteiger partial charge in [0.25, 0.3) is 0 Å². The maximum absolute atomic E-state index is 12.9. The van der Waals surface area contributed by atoms with Crippen molar-refractivity contribution in [2.75, 3.05) is 25.1 Å². The van der Waals surface area contributed by atoms with Gasteiger partial charge in [0.05, 0.1) is 6.61 Å². The molecule has 1 aromatic carbocycles. The molecule has 0 aliphatic carbocycles. The van der Waals surface area contributed by atoms with Crippen LogP contribution in [0, 0.1) is 5.82 Å². The molecule has 0 aromatic heterocycles. The summed E-state index contributed by atoms with van der Waals surface area (Å²) in [4.78, 5) is 0. The summed E-state index contributed by atoms with van der Waals surface area (Å²) in [5, 5.41) is 2.91. The first-order valence-electron chi connectivity index (χ1n) is 4.71. The molecule has 1 rings (SSSR count). The molecule has 0 fully saturated rings. The predicted octanol–water partition coefficient (Wildman–Crippen LogP) is 3.47. The minimum atomic E-state index is -4.33. The topological polar surface area (TPSA) is 21.3 Å². The summed E-state index contributed by atoms with van der Waals surface area (Å²) < 4.78 is 52.3. The SMILES string of the molecule is Fc1cc(Cl)cc(NCCOCC(F)(F)F)c1. The van der Waals surface area contributed by atoms with Crippen LogP contribution in [0.3, 0.4) is 0 Å². The summed E-state index contributed by atoms with van der Waals surface area (Å²) in [6, 6.07) is 3.79. The van der Waals surface area contributed by atoms with Crippen LogP contribution >= 0.6 is 11.6 Å². The second kappa shape index (κ2) is 6.07. The molecule has 0 unspecified atom stereocenters. The smallest absolute Gasteiger partial charge is 0.383 e. The zero-order valence-electron chi connectivity index (χ0n) is 8.65. The highest BCUT2D eigenvalue weighted by Gasteiger charge is 2.27. The predicted molar refractivity (Wildman–Crippen MR) is 56.8 cm³/mol. The summed E-state index contributed by atoms with van der Waals surface area (Å²) >= 11 is 5.59. The third-order valence-electron chi connectivity index (χ3n) is 1.70. The maximum Gasteiger partial charge on any atom is 0.411 e. The van der Waals surface area contributed by atoms with Crippen LogP contribution in [0.5, 0.6) is 0 Å². The van der Waals surface area contributed by atoms with Crippen LogP contribution in [0.1, 0.15) is 0 Å². The van der Waals surface area contributed by atoms with Crippen LogP contribution in [0.25, 0.3) is 0 Å². The second-order valence-corrected chi connectivity index (χ2v) is 3.69. The van der Waals surface area contributed by atoms with E-state index in [2.05, 4.69) is 10.1 Å². The molecule has 0 aliphatic heterocycles. The molecule has 0 atom stereocenters. The van der Waals surface area contributed by atoms with Crippen molar-refractivity contribution in [3.8, 4) is 0 Å². The number of rotatable bonds is 5. The third kappa shape index (κ3) is 6.33. The minimum absolute atomic E-state index is 0.131. The number of ether oxygens (including phenoxy) is 1. The first-order valence-corrected chi connectivity index (χ1v) is 5.09. The lowest BCUT2D eigenvalue weighted by molar-refractivity contribution is -0.172. The van der Waals surface area contributed by atoms with Gasteiger partial charge in [-0.25, -0.2) is 4.39 Å². The molecule has 0 saturated heterocycles. The van der Waals surface area contributed by atoms with Gasteiger partial charge in [-0.05, 0) is 18.2 Å². The average Bonchev–Trinajstić information content (AvgIpc) is 2.13. The van der Waals surface area contributed by atoms with Gasteiger partial charge >= 0.3 is 6.18 Å². The van der Waals surface area contributed by atoms with Gasteiger partial charge in [0.2, 0.25) is 0 Å². The van der Waals surface area contributed by atoms with Crippen LogP contribution in [-0.4, -0.2) is 25.9 Å². The standard InChI is InChI=1S/C10H10ClF4NO/c11-7-3-8(12)5-9(4-7)16-1-2-17-6-10(13,14)15/h3-5,16H,1-2,6H2. The minimum Gasteiger partial charge on any atom is -0.383 e. The van der Waals surface area contributed by atoms with E-state index in [0.29, 0.717) is 5.69 Å². The Morgan fingerprint density at radius 3 is 2.53 bits per heavy atom. The molecule has 1 aromatic rings. The Balaban J connectivity index is 2.27. The molecule has 2 nitrogen and oxygen atoms in total. The molecule has 7 heteroatoms. The molecule has 0 aliphatic rings. The Hall–Kier alpha value is -1.01. The summed E-state index contributed by atoms with van der Waals surface area (Å²) in [6.07, 6.45) is -4.33. The van der Waals surface area contributed by atoms with Gasteiger partial charge in [-0.15, -0.1) is 0 Å². The van der Waals surface area contributed by atoms with Crippen molar-refractivity contribution < 1.29 is 22.3 Å². The Kier molecular flexibility index (Phi) is 5.02. The number of anilines is 1. The Bertz CT molecular complexity index is 350. The van der Waals surface area contributed by atoms with E-state index in [0.717, 1.165) is 6.07 Å². The van der Waals surface area contributed by atoms with Gasteiger partial charge in [0.15, 0.2) is 0 Å². The van der Waals surface area contributed by atoms with E-state index in [-0.39, 0.29) is 18.2 Å². The van der Waals surface area contributed by atoms with Crippen LogP contribution in [0.15, 0.2) is 18.2 Å². The lowest BCUT2D eigenvalue weighted by atomic mass is 10.3. The van der Waals surface area contributed by atoms with Gasteiger partial charge < -0.3 is 10.1 Å². The quantitative estimate of drug-likeness (QED) is 0.654. The lowest BCUT2D eigenvalue weighted by Gasteiger charge is -2.09. The summed E-state index contributed by atoms with van der Waals surface area (Å²) in [6.45, 7) is -1.29. The van der Waals surface area contributed by atoms with E-state index in [1.54, 1.807) is 0 Å². The first kappa shape index (κ1) is 14.1. The Labute approximate surface area is 101 Å². The number of halogens is 5. The van der Waals surface area contributed by atoms with Gasteiger partial charge in [-0.1, -0.05) is 11.6 Å². The molecule has 17 heavy (non-hydrogen) atoms. The monoisotopic (exact) mass is 271 g/mol. The summed E-state index contributed by atoms with van der Waals surface area (Å²) in [5.41, 5.74) is 0.394. The molecule has 0 spiro atoms. The third-order valence-corrected chi connectivity index (χ3v) is 1.92. The normalized spacial score (nSPS) is 11.6. The van der Waals surface area contributed by atoms with Crippen molar-refractivity contribution in [1.29, 1.82) is 0 Å². The molecule has 0 bridgehead atoms. The number of hydrogen-bond donors (Lipinski definition) is 1. The maximum atomic E-state index is 12.9. The lowest BCUT2D eigenvalue weighted by Crippen LogP contribution is -2.20. The fourth-order valence-electron chi connectivity index (χ4n) is 1.11. The highest BCUT2D eigenvalue weighted by atomic mass is 35.5. The van der Waals surface area contributed by atoms with Crippen molar-refractivity contribution in [2.45, 2.75) is 6.18 Å². The molecular weight excluding hydrogens is 262 g/mol. The molecule has 0 saturated carbocycles. The van der Waals surface area contributed by atoms with Crippen molar-refractivity contribution in [3.63, 3.8) is 0 Å². The number of hydrogen-bond acceptors (Lipinski definition) is 2. The number of benzene rings is 1. The van der Waals surface area contributed by atoms with Crippen molar-refractivity contribution in [1.82, 2.24) is 0 Å². The zero-order chi connectivity index (χ0) is 12.9. The van der Waals surface area contributed by atoms with E-state index >= 15 is 0 Å². The molecule has 1 N–H and O–H groups in total. The van der Waals surface area contributed by atoms with Crippen molar-refractivity contribution >= 4 is 17.3 Å². The van der Waals surface area contributed by atoms with E-state index < -0.39 is 18.6 Å². The Morgan fingerprint density at radius 2 is 1.94 bits per heavy atom. The molecule has 0 radical (unpaired) electrons. The zero-order valence-corrected chi connectivity index (χ0v) is 9.41. The highest BCUT2D eigenvalue weighted by molar-refractivity contribution is 6.30. The second-order valence-electron chi connectivity index (χ2n) is 3.25. The van der Waals surface area contributed by atoms with Crippen LogP contribution < -0.4 is 5.32 Å². The van der Waals surface area contributed by atoms with Crippen molar-refractivity contribution in [3.05, 3.63) is 29.0 Å². The number of alkyl halides is 3. The van der Waals surface area contributed by atoms with Crippen LogP contribution in [0.2, 0.25) is 5.02 Å². The van der Waals surface area contributed by atoms with E-state index in [9.17, 15) is 17.6 Å². The average molecular weight is 272 g/mol. The highest BCUT2D eigenvalue weighted by Crippen LogP contribution is 2.18. The Morgan fingerprint density at radius 1 is 1.24 bits per heavy atom. The number of nitrogens with one attached hydrogen (secondary N) is 1. The molecule has 0 amide bonds. The molecule has 0 heterocycles. The summed E-state index contributed by atoms with van der Waals surface area (Å²) in [5.74, 6) is -0.517. The first-order chi connectivity index (χ1) is 7.87. The molecule has 96 valence electrons. The van der Waals surface area contributed by atoms with E-state index in [1.165, 1.54) is 12.1 Å². The molecular formula is C10H10ClF4NO. The van der Waals surface area contributed by atoms with Gasteiger partial charge in [-0.2, -0.15) is 13.2 Å². The van der Waals surface area contributed by atoms with Crippen molar-refractivity contribution in [2.24, 2.45) is 0 Å². The fraction of sp³-hybridized carbons (Fsp3) is 0.400. The largest absolute Gasteiger partial charge is 0.411 e. The van der Waals surface area contributed by atoms with Crippen LogP contribution in [0.4, 0.5) is 23.2 Å². The van der Waals surface area contributed by atoms with E-state index in [1.807, 2.05) is 0 Å². The van der Waals surface area contributed by atoms with E-state index in [4.69, 9.17) is 11.6 Å². The van der Waals surface area contributed by atoms with Gasteiger partial charge in [-0.3, -0.25) is 0 Å². The summed E-state index contributed by atoms with van der Waals surface area (Å²) in [7, 11) is 0. The van der Waals surface area contributed by atoms with Gasteiger partial charge in [0.1, 0.15) is 12.4 Å². The van der Waals surface area contributed by atoms with Crippen LogP contribution in [-0.2, 0) is 4.74 Å². The fourth-order valence-corrected chi connectivity index (χ4v) is 1.33. The van der Waals surface area contributed by atoms with Gasteiger partial charge in [0, 0.05) is 17.3 Å².